The first-order valence-corrected chi connectivity index (χ1v) is 7.73. The van der Waals surface area contributed by atoms with Gasteiger partial charge in [-0.05, 0) is 30.0 Å². The molecule has 5 nitrogen and oxygen atoms in total. The van der Waals surface area contributed by atoms with Crippen molar-refractivity contribution in [3.05, 3.63) is 41.2 Å². The fourth-order valence-corrected chi connectivity index (χ4v) is 3.49. The monoisotopic (exact) mass is 304 g/mol. The van der Waals surface area contributed by atoms with Crippen molar-refractivity contribution in [2.24, 2.45) is 5.73 Å². The van der Waals surface area contributed by atoms with E-state index in [2.05, 4.69) is 29.2 Å². The smallest absolute Gasteiger partial charge is 0.231 e. The molecule has 22 heavy (non-hydrogen) atoms. The molecule has 0 spiro atoms. The molecule has 120 valence electrons. The SMILES string of the molecule is COC1(OC)CCCC(C2=Cc3ccccc3CO2)N1CN. The normalized spacial score (nSPS) is 24.3. The minimum absolute atomic E-state index is 0.0759. The number of benzene rings is 1. The number of ether oxygens (including phenoxy) is 3. The van der Waals surface area contributed by atoms with E-state index >= 15 is 0 Å². The third-order valence-corrected chi connectivity index (χ3v) is 4.69. The summed E-state index contributed by atoms with van der Waals surface area (Å²) < 4.78 is 17.3. The van der Waals surface area contributed by atoms with E-state index in [1.54, 1.807) is 14.2 Å². The number of nitrogens with zero attached hydrogens (tertiary/aromatic N) is 1. The van der Waals surface area contributed by atoms with Crippen LogP contribution in [-0.2, 0) is 20.8 Å². The van der Waals surface area contributed by atoms with E-state index < -0.39 is 5.91 Å². The molecule has 0 bridgehead atoms. The number of methoxy groups -OCH3 is 2. The van der Waals surface area contributed by atoms with E-state index in [1.165, 1.54) is 11.1 Å². The Morgan fingerprint density at radius 2 is 2.09 bits per heavy atom. The van der Waals surface area contributed by atoms with E-state index in [0.717, 1.165) is 25.0 Å². The molecule has 0 aliphatic carbocycles. The molecule has 2 aliphatic heterocycles. The lowest BCUT2D eigenvalue weighted by molar-refractivity contribution is -0.318. The number of nitrogens with two attached hydrogens (primary N) is 1. The number of piperidine rings is 1. The minimum Gasteiger partial charge on any atom is -0.492 e. The lowest BCUT2D eigenvalue weighted by Crippen LogP contribution is -2.61. The maximum atomic E-state index is 6.01. The van der Waals surface area contributed by atoms with Gasteiger partial charge in [-0.2, -0.15) is 0 Å². The van der Waals surface area contributed by atoms with Gasteiger partial charge in [-0.25, -0.2) is 4.90 Å². The first kappa shape index (κ1) is 15.5. The van der Waals surface area contributed by atoms with Crippen molar-refractivity contribution in [3.8, 4) is 0 Å². The van der Waals surface area contributed by atoms with Crippen molar-refractivity contribution in [2.75, 3.05) is 20.9 Å². The Labute approximate surface area is 131 Å². The molecule has 2 N–H and O–H groups in total. The van der Waals surface area contributed by atoms with Crippen LogP contribution in [0.3, 0.4) is 0 Å². The highest BCUT2D eigenvalue weighted by atomic mass is 16.7. The molecule has 1 unspecified atom stereocenters. The molecule has 1 saturated heterocycles. The van der Waals surface area contributed by atoms with Gasteiger partial charge >= 0.3 is 0 Å². The van der Waals surface area contributed by atoms with Gasteiger partial charge in [-0.1, -0.05) is 24.3 Å². The van der Waals surface area contributed by atoms with Crippen molar-refractivity contribution in [2.45, 2.75) is 37.8 Å². The van der Waals surface area contributed by atoms with Gasteiger partial charge in [-0.15, -0.1) is 0 Å². The third-order valence-electron chi connectivity index (χ3n) is 4.69. The van der Waals surface area contributed by atoms with E-state index in [1.807, 2.05) is 6.07 Å². The molecule has 3 rings (SSSR count). The van der Waals surface area contributed by atoms with Crippen molar-refractivity contribution in [3.63, 3.8) is 0 Å². The molecule has 1 fully saturated rings. The van der Waals surface area contributed by atoms with Crippen LogP contribution < -0.4 is 5.73 Å². The van der Waals surface area contributed by atoms with E-state index in [0.29, 0.717) is 13.3 Å². The number of hydrogen-bond donors (Lipinski definition) is 1. The second kappa shape index (κ2) is 6.38. The number of likely N-dealkylation sites (tertiary alicyclic amines) is 1. The van der Waals surface area contributed by atoms with E-state index in [-0.39, 0.29) is 6.04 Å². The van der Waals surface area contributed by atoms with E-state index in [9.17, 15) is 0 Å². The van der Waals surface area contributed by atoms with Crippen LogP contribution in [-0.4, -0.2) is 37.7 Å². The average Bonchev–Trinajstić information content (AvgIpc) is 2.60. The molecule has 1 aromatic rings. The van der Waals surface area contributed by atoms with Crippen molar-refractivity contribution >= 4 is 6.08 Å². The molecule has 2 aliphatic rings. The summed E-state index contributed by atoms with van der Waals surface area (Å²) in [7, 11) is 3.33. The number of rotatable bonds is 4. The van der Waals surface area contributed by atoms with Crippen LogP contribution in [0.1, 0.15) is 30.4 Å². The number of fused-ring (bicyclic) bond motifs is 1. The maximum Gasteiger partial charge on any atom is 0.231 e. The summed E-state index contributed by atoms with van der Waals surface area (Å²) in [6, 6.07) is 8.38. The summed E-state index contributed by atoms with van der Waals surface area (Å²) in [5.41, 5.74) is 8.43. The van der Waals surface area contributed by atoms with Crippen LogP contribution >= 0.6 is 0 Å². The highest BCUT2D eigenvalue weighted by Crippen LogP contribution is 2.37. The Bertz CT molecular complexity index is 555. The first-order valence-electron chi connectivity index (χ1n) is 7.73. The van der Waals surface area contributed by atoms with Crippen LogP contribution in [0.5, 0.6) is 0 Å². The number of hydrogen-bond acceptors (Lipinski definition) is 5. The molecule has 0 saturated carbocycles. The Morgan fingerprint density at radius 1 is 1.32 bits per heavy atom. The standard InChI is InChI=1S/C17H24N2O3/c1-20-17(21-2)9-5-8-15(19(17)12-18)16-10-13-6-3-4-7-14(13)11-22-16/h3-4,6-7,10,15H,5,8-9,11-12,18H2,1-2H3. The molecule has 1 aromatic carbocycles. The Kier molecular flexibility index (Phi) is 4.49. The molecular formula is C17H24N2O3. The van der Waals surface area contributed by atoms with E-state index in [4.69, 9.17) is 19.9 Å². The van der Waals surface area contributed by atoms with Crippen LogP contribution in [0.4, 0.5) is 0 Å². The van der Waals surface area contributed by atoms with Gasteiger partial charge < -0.3 is 19.9 Å². The van der Waals surface area contributed by atoms with Gasteiger partial charge in [-0.3, -0.25) is 0 Å². The van der Waals surface area contributed by atoms with Crippen molar-refractivity contribution in [1.29, 1.82) is 0 Å². The first-order chi connectivity index (χ1) is 10.7. The van der Waals surface area contributed by atoms with Gasteiger partial charge in [0.1, 0.15) is 12.4 Å². The molecule has 0 aromatic heterocycles. The zero-order chi connectivity index (χ0) is 15.6. The van der Waals surface area contributed by atoms with Crippen LogP contribution in [0, 0.1) is 0 Å². The average molecular weight is 304 g/mol. The summed E-state index contributed by atoms with van der Waals surface area (Å²) in [4.78, 5) is 2.05. The van der Waals surface area contributed by atoms with Gasteiger partial charge in [0, 0.05) is 20.6 Å². The summed E-state index contributed by atoms with van der Waals surface area (Å²) in [5, 5.41) is 0. The van der Waals surface area contributed by atoms with Gasteiger partial charge in [0.2, 0.25) is 5.91 Å². The molecular weight excluding hydrogens is 280 g/mol. The molecule has 1 atom stereocenters. The topological polar surface area (TPSA) is 57.0 Å². The van der Waals surface area contributed by atoms with Crippen molar-refractivity contribution in [1.82, 2.24) is 4.90 Å². The highest BCUT2D eigenvalue weighted by Gasteiger charge is 2.45. The Morgan fingerprint density at radius 3 is 2.82 bits per heavy atom. The summed E-state index contributed by atoms with van der Waals surface area (Å²) in [6.45, 7) is 0.957. The summed E-state index contributed by atoms with van der Waals surface area (Å²) in [6.07, 6.45) is 4.91. The van der Waals surface area contributed by atoms with Gasteiger partial charge in [0.15, 0.2) is 0 Å². The summed E-state index contributed by atoms with van der Waals surface area (Å²) in [5.74, 6) is 0.182. The summed E-state index contributed by atoms with van der Waals surface area (Å²) >= 11 is 0. The minimum atomic E-state index is -0.765. The predicted octanol–water partition coefficient (Wildman–Crippen LogP) is 2.27. The second-order valence-corrected chi connectivity index (χ2v) is 5.72. The molecule has 0 radical (unpaired) electrons. The predicted molar refractivity (Wildman–Crippen MR) is 84.5 cm³/mol. The maximum absolute atomic E-state index is 6.01. The molecule has 5 heteroatoms. The third kappa shape index (κ3) is 2.54. The lowest BCUT2D eigenvalue weighted by Gasteiger charge is -2.48. The Hall–Kier alpha value is -1.40. The van der Waals surface area contributed by atoms with Crippen LogP contribution in [0.15, 0.2) is 30.0 Å². The fourth-order valence-electron chi connectivity index (χ4n) is 3.49. The fraction of sp³-hybridized carbons (Fsp3) is 0.529. The molecule has 2 heterocycles. The zero-order valence-electron chi connectivity index (χ0n) is 13.2. The highest BCUT2D eigenvalue weighted by molar-refractivity contribution is 5.58. The van der Waals surface area contributed by atoms with Gasteiger partial charge in [0.05, 0.1) is 12.7 Å². The second-order valence-electron chi connectivity index (χ2n) is 5.72. The lowest BCUT2D eigenvalue weighted by atomic mass is 9.94. The van der Waals surface area contributed by atoms with Crippen molar-refractivity contribution < 1.29 is 14.2 Å². The van der Waals surface area contributed by atoms with Crippen LogP contribution in [0.25, 0.3) is 6.08 Å². The Balaban J connectivity index is 1.92. The molecule has 0 amide bonds. The zero-order valence-corrected chi connectivity index (χ0v) is 13.2. The largest absolute Gasteiger partial charge is 0.492 e. The quantitative estimate of drug-likeness (QED) is 0.865. The van der Waals surface area contributed by atoms with Gasteiger partial charge in [0.25, 0.3) is 0 Å². The van der Waals surface area contributed by atoms with Crippen LogP contribution in [0.2, 0.25) is 0 Å².